The van der Waals surface area contributed by atoms with Gasteiger partial charge in [0.25, 0.3) is 5.56 Å². The number of hydrogen-bond donors (Lipinski definition) is 1. The summed E-state index contributed by atoms with van der Waals surface area (Å²) in [5, 5.41) is 8.10. The van der Waals surface area contributed by atoms with Crippen LogP contribution >= 0.6 is 11.3 Å². The van der Waals surface area contributed by atoms with E-state index < -0.39 is 5.41 Å². The van der Waals surface area contributed by atoms with Crippen molar-refractivity contribution in [3.05, 3.63) is 40.3 Å². The first-order valence-electron chi connectivity index (χ1n) is 9.52. The molecule has 29 heavy (non-hydrogen) atoms. The van der Waals surface area contributed by atoms with Gasteiger partial charge in [0.2, 0.25) is 16.0 Å². The van der Waals surface area contributed by atoms with Crippen LogP contribution in [0.5, 0.6) is 5.75 Å². The number of anilines is 3. The van der Waals surface area contributed by atoms with Gasteiger partial charge in [-0.2, -0.15) is 4.52 Å². The number of carbonyl (C=O) groups is 1. The van der Waals surface area contributed by atoms with Crippen LogP contribution in [-0.4, -0.2) is 33.7 Å². The molecule has 2 aromatic heterocycles. The Kier molecular flexibility index (Phi) is 4.77. The second-order valence-electron chi connectivity index (χ2n) is 7.90. The fourth-order valence-electron chi connectivity index (χ4n) is 3.12. The molecular formula is C20H23N5O3S. The van der Waals surface area contributed by atoms with E-state index in [-0.39, 0.29) is 11.5 Å². The summed E-state index contributed by atoms with van der Waals surface area (Å²) in [4.78, 5) is 31.8. The minimum absolute atomic E-state index is 0.0436. The molecular weight excluding hydrogens is 390 g/mol. The third kappa shape index (κ3) is 3.69. The summed E-state index contributed by atoms with van der Waals surface area (Å²) in [5.74, 6) is 0.719. The first kappa shape index (κ1) is 19.4. The van der Waals surface area contributed by atoms with Crippen molar-refractivity contribution in [3.8, 4) is 5.75 Å². The second-order valence-corrected chi connectivity index (χ2v) is 8.86. The van der Waals surface area contributed by atoms with Crippen molar-refractivity contribution in [2.24, 2.45) is 5.41 Å². The summed E-state index contributed by atoms with van der Waals surface area (Å²) in [6.07, 6.45) is 0.689. The lowest BCUT2D eigenvalue weighted by molar-refractivity contribution is -0.126. The molecule has 152 valence electrons. The molecule has 3 aromatic rings. The maximum atomic E-state index is 12.9. The molecule has 0 saturated carbocycles. The number of benzene rings is 1. The van der Waals surface area contributed by atoms with E-state index in [1.807, 2.05) is 45.9 Å². The average Bonchev–Trinajstić information content (AvgIpc) is 3.09. The monoisotopic (exact) mass is 413 g/mol. The fourth-order valence-corrected chi connectivity index (χ4v) is 3.97. The summed E-state index contributed by atoms with van der Waals surface area (Å²) >= 11 is 1.30. The van der Waals surface area contributed by atoms with E-state index in [9.17, 15) is 9.59 Å². The fraction of sp³-hybridized carbons (Fsp3) is 0.400. The predicted octanol–water partition coefficient (Wildman–Crippen LogP) is 3.23. The van der Waals surface area contributed by atoms with Gasteiger partial charge in [0, 0.05) is 22.9 Å². The number of fused-ring (bicyclic) bond motifs is 2. The normalized spacial score (nSPS) is 13.9. The highest BCUT2D eigenvalue weighted by molar-refractivity contribution is 7.20. The SMILES string of the molecule is CCc1cc(=O)n2nc(Nc3ccc4c(c3)N(C(=O)C(C)(C)C)CCO4)sc2n1. The molecule has 0 fully saturated rings. The van der Waals surface area contributed by atoms with Gasteiger partial charge < -0.3 is 15.0 Å². The number of nitrogens with zero attached hydrogens (tertiary/aromatic N) is 4. The highest BCUT2D eigenvalue weighted by atomic mass is 32.1. The Labute approximate surface area is 172 Å². The molecule has 0 saturated heterocycles. The quantitative estimate of drug-likeness (QED) is 0.709. The van der Waals surface area contributed by atoms with Crippen LogP contribution in [0.3, 0.4) is 0 Å². The Bertz CT molecular complexity index is 1150. The lowest BCUT2D eigenvalue weighted by Crippen LogP contribution is -2.44. The van der Waals surface area contributed by atoms with E-state index in [2.05, 4.69) is 15.4 Å². The first-order valence-corrected chi connectivity index (χ1v) is 10.3. The summed E-state index contributed by atoms with van der Waals surface area (Å²) in [6, 6.07) is 7.08. The molecule has 0 aliphatic carbocycles. The lowest BCUT2D eigenvalue weighted by atomic mass is 9.94. The number of aryl methyl sites for hydroxylation is 1. The highest BCUT2D eigenvalue weighted by Crippen LogP contribution is 2.37. The van der Waals surface area contributed by atoms with E-state index in [4.69, 9.17) is 4.74 Å². The summed E-state index contributed by atoms with van der Waals surface area (Å²) in [5.41, 5.74) is 1.54. The van der Waals surface area contributed by atoms with Crippen LogP contribution in [0.15, 0.2) is 29.1 Å². The van der Waals surface area contributed by atoms with Gasteiger partial charge in [0.15, 0.2) is 0 Å². The van der Waals surface area contributed by atoms with Crippen molar-refractivity contribution in [3.63, 3.8) is 0 Å². The number of nitrogens with one attached hydrogen (secondary N) is 1. The minimum Gasteiger partial charge on any atom is -0.490 e. The van der Waals surface area contributed by atoms with Crippen LogP contribution in [0.1, 0.15) is 33.4 Å². The molecule has 0 bridgehead atoms. The highest BCUT2D eigenvalue weighted by Gasteiger charge is 2.32. The molecule has 1 aromatic carbocycles. The van der Waals surface area contributed by atoms with Gasteiger partial charge in [-0.05, 0) is 24.6 Å². The standard InChI is InChI=1S/C20H23N5O3S/c1-5-12-11-16(26)25-19(22-12)29-18(23-25)21-13-6-7-15-14(10-13)24(8-9-28-15)17(27)20(2,3)4/h6-7,10-11H,5,8-9H2,1-4H3,(H,21,23). The maximum absolute atomic E-state index is 12.9. The van der Waals surface area contributed by atoms with Gasteiger partial charge in [-0.3, -0.25) is 9.59 Å². The molecule has 0 unspecified atom stereocenters. The molecule has 0 spiro atoms. The van der Waals surface area contributed by atoms with E-state index in [0.29, 0.717) is 35.4 Å². The van der Waals surface area contributed by atoms with Gasteiger partial charge in [-0.1, -0.05) is 39.0 Å². The zero-order valence-electron chi connectivity index (χ0n) is 16.9. The van der Waals surface area contributed by atoms with Crippen molar-refractivity contribution < 1.29 is 9.53 Å². The molecule has 3 heterocycles. The summed E-state index contributed by atoms with van der Waals surface area (Å²) < 4.78 is 7.02. The number of hydrogen-bond acceptors (Lipinski definition) is 7. The van der Waals surface area contributed by atoms with Gasteiger partial charge in [-0.15, -0.1) is 5.10 Å². The van der Waals surface area contributed by atoms with Crippen LogP contribution < -0.4 is 20.5 Å². The number of carbonyl (C=O) groups excluding carboxylic acids is 1. The Morgan fingerprint density at radius 3 is 2.83 bits per heavy atom. The first-order chi connectivity index (χ1) is 13.8. The van der Waals surface area contributed by atoms with Crippen molar-refractivity contribution in [1.29, 1.82) is 0 Å². The van der Waals surface area contributed by atoms with Crippen LogP contribution in [0, 0.1) is 5.41 Å². The molecule has 0 atom stereocenters. The molecule has 0 radical (unpaired) electrons. The Hall–Kier alpha value is -2.94. The maximum Gasteiger partial charge on any atom is 0.275 e. The topological polar surface area (TPSA) is 88.8 Å². The number of amides is 1. The van der Waals surface area contributed by atoms with Crippen molar-refractivity contribution in [1.82, 2.24) is 14.6 Å². The number of rotatable bonds is 3. The van der Waals surface area contributed by atoms with Crippen LogP contribution in [0.25, 0.3) is 4.96 Å². The lowest BCUT2D eigenvalue weighted by Gasteiger charge is -2.34. The van der Waals surface area contributed by atoms with E-state index in [0.717, 1.165) is 17.1 Å². The van der Waals surface area contributed by atoms with Crippen LogP contribution in [0.2, 0.25) is 0 Å². The van der Waals surface area contributed by atoms with E-state index in [1.54, 1.807) is 4.90 Å². The molecule has 1 N–H and O–H groups in total. The predicted molar refractivity (Wildman–Crippen MR) is 114 cm³/mol. The van der Waals surface area contributed by atoms with Crippen molar-refractivity contribution >= 4 is 38.7 Å². The summed E-state index contributed by atoms with van der Waals surface area (Å²) in [7, 11) is 0. The Morgan fingerprint density at radius 2 is 2.10 bits per heavy atom. The molecule has 1 aliphatic rings. The molecule has 9 heteroatoms. The zero-order valence-corrected chi connectivity index (χ0v) is 17.7. The Balaban J connectivity index is 1.67. The molecule has 1 amide bonds. The molecule has 1 aliphatic heterocycles. The summed E-state index contributed by atoms with van der Waals surface area (Å²) in [6.45, 7) is 8.65. The third-order valence-electron chi connectivity index (χ3n) is 4.62. The van der Waals surface area contributed by atoms with Gasteiger partial charge in [0.1, 0.15) is 12.4 Å². The number of ether oxygens (including phenoxy) is 1. The van der Waals surface area contributed by atoms with Gasteiger partial charge in [-0.25, -0.2) is 4.98 Å². The van der Waals surface area contributed by atoms with Crippen molar-refractivity contribution in [2.45, 2.75) is 34.1 Å². The number of aromatic nitrogens is 3. The van der Waals surface area contributed by atoms with E-state index in [1.165, 1.54) is 21.9 Å². The average molecular weight is 414 g/mol. The Morgan fingerprint density at radius 1 is 1.31 bits per heavy atom. The largest absolute Gasteiger partial charge is 0.490 e. The van der Waals surface area contributed by atoms with Gasteiger partial charge >= 0.3 is 0 Å². The van der Waals surface area contributed by atoms with Crippen LogP contribution in [0.4, 0.5) is 16.5 Å². The smallest absolute Gasteiger partial charge is 0.275 e. The van der Waals surface area contributed by atoms with Crippen LogP contribution in [-0.2, 0) is 11.2 Å². The third-order valence-corrected chi connectivity index (χ3v) is 5.44. The second kappa shape index (κ2) is 7.14. The van der Waals surface area contributed by atoms with E-state index >= 15 is 0 Å². The zero-order chi connectivity index (χ0) is 20.8. The van der Waals surface area contributed by atoms with Crippen molar-refractivity contribution in [2.75, 3.05) is 23.4 Å². The van der Waals surface area contributed by atoms with Gasteiger partial charge in [0.05, 0.1) is 12.2 Å². The minimum atomic E-state index is -0.491. The molecule has 4 rings (SSSR count). The molecule has 8 nitrogen and oxygen atoms in total.